The van der Waals surface area contributed by atoms with Gasteiger partial charge in [-0.25, -0.2) is 0 Å². The van der Waals surface area contributed by atoms with Gasteiger partial charge >= 0.3 is 0 Å². The van der Waals surface area contributed by atoms with Gasteiger partial charge in [0.1, 0.15) is 22.8 Å². The van der Waals surface area contributed by atoms with Gasteiger partial charge < -0.3 is 26.0 Å². The number of hydrogen-bond donors (Lipinski definition) is 4. The van der Waals surface area contributed by atoms with E-state index in [4.69, 9.17) is 11.0 Å². The lowest BCUT2D eigenvalue weighted by Crippen LogP contribution is -2.55. The van der Waals surface area contributed by atoms with Crippen LogP contribution in [0.2, 0.25) is 0 Å². The monoisotopic (exact) mass is 570 g/mol. The number of rotatable bonds is 7. The summed E-state index contributed by atoms with van der Waals surface area (Å²) in [6, 6.07) is 12.5. The van der Waals surface area contributed by atoms with E-state index in [1.807, 2.05) is 31.3 Å². The van der Waals surface area contributed by atoms with E-state index in [0.29, 0.717) is 37.9 Å². The van der Waals surface area contributed by atoms with E-state index in [1.165, 1.54) is 6.07 Å². The number of carbonyl (C=O) groups excluding carboxylic acids is 3. The highest BCUT2D eigenvalue weighted by Gasteiger charge is 2.55. The second kappa shape index (κ2) is 11.1. The third-order valence-electron chi connectivity index (χ3n) is 8.74. The van der Waals surface area contributed by atoms with Crippen molar-refractivity contribution in [1.82, 2.24) is 9.80 Å². The number of amides is 1. The highest BCUT2D eigenvalue weighted by atomic mass is 16.3. The Balaban J connectivity index is 1.59. The SMILES string of the molecule is CN(CCC#N)Cc1cccc(-c2ccc(O)c3c2CC2CC4C(C(=O)C(C(N)=O)=C(O)[C@H]4N(C)C)C(=O)C2=C3O)c1. The number of allylic oxidation sites excluding steroid dienone is 1. The molecule has 10 heteroatoms. The molecule has 0 heterocycles. The predicted octanol–water partition coefficient (Wildman–Crippen LogP) is 2.86. The quantitative estimate of drug-likeness (QED) is 0.289. The molecule has 0 aliphatic heterocycles. The van der Waals surface area contributed by atoms with Gasteiger partial charge in [-0.1, -0.05) is 24.3 Å². The molecule has 0 saturated heterocycles. The summed E-state index contributed by atoms with van der Waals surface area (Å²) in [4.78, 5) is 43.1. The Morgan fingerprint density at radius 1 is 1.10 bits per heavy atom. The molecule has 3 aliphatic carbocycles. The molecule has 2 aromatic rings. The molecule has 0 radical (unpaired) electrons. The fourth-order valence-electron chi connectivity index (χ4n) is 7.01. The molecule has 10 nitrogen and oxygen atoms in total. The maximum Gasteiger partial charge on any atom is 0.255 e. The topological polar surface area (TPSA) is 168 Å². The summed E-state index contributed by atoms with van der Waals surface area (Å²) in [5, 5.41) is 42.2. The first-order valence-electron chi connectivity index (χ1n) is 13.9. The number of Topliss-reactive ketones (excluding diaryl/α,β-unsaturated/α-hetero) is 2. The molecule has 1 fully saturated rings. The number of fused-ring (bicyclic) bond motifs is 3. The minimum absolute atomic E-state index is 0.0557. The molecule has 1 saturated carbocycles. The van der Waals surface area contributed by atoms with Gasteiger partial charge in [-0.15, -0.1) is 0 Å². The average molecular weight is 571 g/mol. The van der Waals surface area contributed by atoms with Crippen LogP contribution in [0.5, 0.6) is 5.75 Å². The summed E-state index contributed by atoms with van der Waals surface area (Å²) in [5.74, 6) is -5.96. The first kappa shape index (κ1) is 29.0. The first-order valence-corrected chi connectivity index (χ1v) is 13.9. The average Bonchev–Trinajstić information content (AvgIpc) is 2.91. The van der Waals surface area contributed by atoms with E-state index in [2.05, 4.69) is 11.0 Å². The molecule has 5 rings (SSSR count). The summed E-state index contributed by atoms with van der Waals surface area (Å²) >= 11 is 0. The van der Waals surface area contributed by atoms with Crippen molar-refractivity contribution in [3.63, 3.8) is 0 Å². The molecular formula is C32H34N4O6. The largest absolute Gasteiger partial charge is 0.510 e. The van der Waals surface area contributed by atoms with Crippen LogP contribution < -0.4 is 5.73 Å². The number of nitrogens with zero attached hydrogens (tertiary/aromatic N) is 3. The second-order valence-electron chi connectivity index (χ2n) is 11.6. The van der Waals surface area contributed by atoms with Crippen LogP contribution in [-0.4, -0.2) is 76.3 Å². The van der Waals surface area contributed by atoms with Crippen LogP contribution in [0.3, 0.4) is 0 Å². The van der Waals surface area contributed by atoms with Crippen LogP contribution >= 0.6 is 0 Å². The lowest BCUT2D eigenvalue weighted by atomic mass is 9.59. The number of carbonyl (C=O) groups is 3. The maximum atomic E-state index is 13.9. The lowest BCUT2D eigenvalue weighted by molar-refractivity contribution is -0.136. The number of nitriles is 1. The number of benzene rings is 2. The highest BCUT2D eigenvalue weighted by molar-refractivity contribution is 6.28. The van der Waals surface area contributed by atoms with Crippen molar-refractivity contribution in [2.45, 2.75) is 31.8 Å². The van der Waals surface area contributed by atoms with Gasteiger partial charge in [-0.05, 0) is 80.2 Å². The highest BCUT2D eigenvalue weighted by Crippen LogP contribution is 2.51. The second-order valence-corrected chi connectivity index (χ2v) is 11.6. The van der Waals surface area contributed by atoms with E-state index in [-0.39, 0.29) is 22.6 Å². The van der Waals surface area contributed by atoms with Crippen molar-refractivity contribution in [3.05, 3.63) is 70.0 Å². The number of aromatic hydroxyl groups is 1. The summed E-state index contributed by atoms with van der Waals surface area (Å²) in [5.41, 5.74) is 8.45. The number of primary amides is 1. The molecule has 0 aromatic heterocycles. The number of hydrogen-bond acceptors (Lipinski definition) is 9. The van der Waals surface area contributed by atoms with Crippen LogP contribution in [0.15, 0.2) is 53.3 Å². The molecule has 2 aromatic carbocycles. The minimum atomic E-state index is -1.29. The predicted molar refractivity (Wildman–Crippen MR) is 155 cm³/mol. The number of aliphatic hydroxyl groups excluding tert-OH is 2. The van der Waals surface area contributed by atoms with Gasteiger partial charge in [-0.2, -0.15) is 5.26 Å². The maximum absolute atomic E-state index is 13.9. The van der Waals surface area contributed by atoms with Gasteiger partial charge in [0, 0.05) is 25.1 Å². The Morgan fingerprint density at radius 3 is 2.50 bits per heavy atom. The normalized spacial score (nSPS) is 23.5. The number of aliphatic hydroxyl groups is 2. The zero-order valence-corrected chi connectivity index (χ0v) is 23.8. The zero-order chi connectivity index (χ0) is 30.5. The molecule has 3 aliphatic rings. The Bertz CT molecular complexity index is 1600. The molecule has 0 spiro atoms. The van der Waals surface area contributed by atoms with Crippen molar-refractivity contribution in [2.75, 3.05) is 27.7 Å². The van der Waals surface area contributed by atoms with Gasteiger partial charge in [0.25, 0.3) is 5.91 Å². The first-order chi connectivity index (χ1) is 20.0. The van der Waals surface area contributed by atoms with E-state index in [1.54, 1.807) is 25.1 Å². The fourth-order valence-corrected chi connectivity index (χ4v) is 7.01. The van der Waals surface area contributed by atoms with Crippen LogP contribution in [0.1, 0.15) is 29.5 Å². The zero-order valence-electron chi connectivity index (χ0n) is 23.8. The van der Waals surface area contributed by atoms with Gasteiger partial charge in [0.2, 0.25) is 0 Å². The van der Waals surface area contributed by atoms with E-state index < -0.39 is 52.6 Å². The Morgan fingerprint density at radius 2 is 1.83 bits per heavy atom. The van der Waals surface area contributed by atoms with Crippen molar-refractivity contribution < 1.29 is 29.7 Å². The number of phenols is 1. The van der Waals surface area contributed by atoms with Crippen LogP contribution in [-0.2, 0) is 27.3 Å². The third-order valence-corrected chi connectivity index (χ3v) is 8.74. The summed E-state index contributed by atoms with van der Waals surface area (Å²) < 4.78 is 0. The molecule has 218 valence electrons. The Hall–Kier alpha value is -4.46. The standard InChI is InChI=1S/C32H34N4O6/c1-35(2)27-21-14-18-13-20-19(17-7-4-6-16(12-17)15-36(3)11-5-10-33)8-9-22(37)24(20)28(38)23(18)29(39)25(21)30(40)26(31(27)41)32(34)42/h4,6-9,12,18,21,25,27,37-38,41H,5,11,13-15H2,1-3H3,(H2,34,42)/t18?,21?,25?,27-/m0/s1. The summed E-state index contributed by atoms with van der Waals surface area (Å²) in [6.07, 6.45) is 1.04. The molecular weight excluding hydrogens is 536 g/mol. The van der Waals surface area contributed by atoms with Crippen LogP contribution in [0, 0.1) is 29.1 Å². The number of phenolic OH excluding ortho intramolecular Hbond substituents is 1. The third kappa shape index (κ3) is 4.74. The molecule has 5 N–H and O–H groups in total. The molecule has 1 amide bonds. The van der Waals surface area contributed by atoms with E-state index in [0.717, 1.165) is 16.7 Å². The van der Waals surface area contributed by atoms with Crippen LogP contribution in [0.25, 0.3) is 16.9 Å². The van der Waals surface area contributed by atoms with E-state index >= 15 is 0 Å². The van der Waals surface area contributed by atoms with Crippen molar-refractivity contribution in [3.8, 4) is 22.9 Å². The Kier molecular flexibility index (Phi) is 7.66. The number of likely N-dealkylation sites (N-methyl/N-ethyl adjacent to an activating group) is 1. The lowest BCUT2D eigenvalue weighted by Gasteiger charge is -2.46. The smallest absolute Gasteiger partial charge is 0.255 e. The molecule has 0 bridgehead atoms. The van der Waals surface area contributed by atoms with Crippen molar-refractivity contribution in [2.24, 2.45) is 23.5 Å². The molecule has 42 heavy (non-hydrogen) atoms. The van der Waals surface area contributed by atoms with Crippen molar-refractivity contribution >= 4 is 23.2 Å². The van der Waals surface area contributed by atoms with Crippen molar-refractivity contribution in [1.29, 1.82) is 5.26 Å². The fraction of sp³-hybridized carbons (Fsp3) is 0.375. The summed E-state index contributed by atoms with van der Waals surface area (Å²) in [6.45, 7) is 1.27. The molecule has 4 atom stereocenters. The number of ketones is 2. The van der Waals surface area contributed by atoms with Crippen LogP contribution in [0.4, 0.5) is 0 Å². The summed E-state index contributed by atoms with van der Waals surface area (Å²) in [7, 11) is 5.33. The van der Waals surface area contributed by atoms with E-state index in [9.17, 15) is 29.7 Å². The minimum Gasteiger partial charge on any atom is -0.510 e. The number of nitrogens with two attached hydrogens (primary N) is 1. The molecule has 3 unspecified atom stereocenters. The van der Waals surface area contributed by atoms with Gasteiger partial charge in [0.15, 0.2) is 11.6 Å². The van der Waals surface area contributed by atoms with Gasteiger partial charge in [-0.3, -0.25) is 19.3 Å². The van der Waals surface area contributed by atoms with Gasteiger partial charge in [0.05, 0.1) is 23.6 Å². The Labute approximate surface area is 244 Å².